The Bertz CT molecular complexity index is 1250. The van der Waals surface area contributed by atoms with E-state index in [2.05, 4.69) is 0 Å². The maximum atomic E-state index is 13.4. The van der Waals surface area contributed by atoms with Gasteiger partial charge in [0.05, 0.1) is 39.6 Å². The molecule has 2 aromatic carbocycles. The molecular weight excluding hydrogens is 291 g/mol. The third kappa shape index (κ3) is 4.49. The number of hydrogen-bond acceptors (Lipinski definition) is 1. The summed E-state index contributed by atoms with van der Waals surface area (Å²) >= 11 is 0. The third-order valence-corrected chi connectivity index (χ3v) is 2.07. The van der Waals surface area contributed by atoms with Crippen LogP contribution >= 0.6 is 0 Å². The van der Waals surface area contributed by atoms with Crippen molar-refractivity contribution < 1.29 is 46.5 Å². The topological polar surface area (TPSA) is 25.8 Å². The van der Waals surface area contributed by atoms with Gasteiger partial charge < -0.3 is 10.1 Å². The fourth-order valence-corrected chi connectivity index (χ4v) is 1.20. The van der Waals surface area contributed by atoms with Crippen molar-refractivity contribution in [3.63, 3.8) is 0 Å². The lowest BCUT2D eigenvalue weighted by atomic mass is 10.1. The molecule has 5 heteroatoms. The van der Waals surface area contributed by atoms with E-state index in [9.17, 15) is 13.2 Å². The number of alkyl halides is 3. The Hall–Kier alpha value is -2.01. The Morgan fingerprint density at radius 3 is 2.50 bits per heavy atom. The highest BCUT2D eigenvalue weighted by atomic mass is 19.4. The van der Waals surface area contributed by atoms with E-state index < -0.39 is 103 Å². The molecule has 1 atom stereocenters. The molecule has 2 rings (SSSR count). The summed E-state index contributed by atoms with van der Waals surface area (Å²) in [7, 11) is 0. The van der Waals surface area contributed by atoms with Gasteiger partial charge in [0.25, 0.3) is 0 Å². The number of rotatable bonds is 6. The van der Waals surface area contributed by atoms with Crippen molar-refractivity contribution in [3.05, 3.63) is 65.5 Å². The van der Waals surface area contributed by atoms with Gasteiger partial charge in [-0.05, 0) is 29.7 Å². The molecule has 2 N–H and O–H groups in total. The van der Waals surface area contributed by atoms with Crippen molar-refractivity contribution in [2.24, 2.45) is 0 Å². The number of nitrogens with two attached hydrogens (primary N) is 1. The minimum atomic E-state index is -5.41. The molecule has 0 saturated carbocycles. The van der Waals surface area contributed by atoms with Crippen LogP contribution in [0.25, 0.3) is 0 Å². The number of ether oxygens (including phenoxy) is 1. The van der Waals surface area contributed by atoms with Crippen LogP contribution in [-0.2, 0) is 6.18 Å². The molecule has 0 unspecified atom stereocenters. The smallest absolute Gasteiger partial charge is 0.416 e. The maximum Gasteiger partial charge on any atom is 0.416 e. The zero-order chi connectivity index (χ0) is 30.8. The molecule has 0 heterocycles. The lowest BCUT2D eigenvalue weighted by Crippen LogP contribution is -2.79. The lowest BCUT2D eigenvalue weighted by molar-refractivity contribution is -0.628. The minimum absolute atomic E-state index is 0.191. The van der Waals surface area contributed by atoms with Crippen LogP contribution < -0.4 is 10.1 Å². The van der Waals surface area contributed by atoms with Gasteiger partial charge in [-0.3, -0.25) is 0 Å². The molecule has 0 aromatic heterocycles. The molecule has 0 amide bonds. The van der Waals surface area contributed by atoms with Crippen LogP contribution in [0.1, 0.15) is 46.9 Å². The van der Waals surface area contributed by atoms with E-state index in [1.807, 2.05) is 0 Å². The minimum Gasteiger partial charge on any atom is -0.486 e. The van der Waals surface area contributed by atoms with Gasteiger partial charge in [-0.1, -0.05) is 30.2 Å². The number of benzene rings is 2. The van der Waals surface area contributed by atoms with Crippen molar-refractivity contribution in [1.82, 2.24) is 0 Å². The first kappa shape index (κ1) is 4.99. The molecule has 0 aliphatic carbocycles. The van der Waals surface area contributed by atoms with Gasteiger partial charge in [0, 0.05) is 9.11 Å². The van der Waals surface area contributed by atoms with Crippen molar-refractivity contribution in [2.75, 3.05) is 13.5 Å². The largest absolute Gasteiger partial charge is 0.486 e. The molecule has 2 nitrogen and oxygen atoms in total. The molecular formula is C17H19F3NO+. The van der Waals surface area contributed by atoms with Crippen LogP contribution in [0, 0.1) is 0 Å². The van der Waals surface area contributed by atoms with E-state index in [0.717, 1.165) is 0 Å². The van der Waals surface area contributed by atoms with Gasteiger partial charge >= 0.3 is 6.18 Å². The van der Waals surface area contributed by atoms with E-state index in [1.165, 1.54) is 0 Å². The van der Waals surface area contributed by atoms with E-state index >= 15 is 0 Å². The van der Waals surface area contributed by atoms with E-state index in [0.29, 0.717) is 0 Å². The monoisotopic (exact) mass is 327 g/mol. The second-order valence-electron chi connectivity index (χ2n) is 3.55. The van der Waals surface area contributed by atoms with Crippen LogP contribution in [0.4, 0.5) is 13.2 Å². The van der Waals surface area contributed by atoms with Gasteiger partial charge in [-0.15, -0.1) is 0 Å². The first-order valence-electron chi connectivity index (χ1n) is 14.1. The number of halogens is 3. The Balaban J connectivity index is 3.09. The molecule has 118 valence electrons. The summed E-state index contributed by atoms with van der Waals surface area (Å²) in [6.45, 7) is -7.09. The van der Waals surface area contributed by atoms with Crippen molar-refractivity contribution in [2.45, 2.75) is 18.6 Å². The highest BCUT2D eigenvalue weighted by Crippen LogP contribution is 2.31. The van der Waals surface area contributed by atoms with Crippen LogP contribution in [0.3, 0.4) is 0 Å². The summed E-state index contributed by atoms with van der Waals surface area (Å²) in [5, 5.41) is -0.191. The first-order chi connectivity index (χ1) is 17.2. The SMILES string of the molecule is [2H]c1c([2H])c([2H])c([C@]([2H])(Oc2c([2H])c([2H])c(C(F)(F)F)c([2H])c2[2H])C([2H])([2H])C([2H])([2H])[NH2+]C([2H])([2H])[2H])c([2H])c1[2H]. The maximum absolute atomic E-state index is 13.4. The molecule has 0 aliphatic heterocycles. The molecule has 22 heavy (non-hydrogen) atoms. The number of quaternary nitrogens is 1. The second kappa shape index (κ2) is 7.31. The zero-order valence-corrected chi connectivity index (χ0v) is 10.6. The Morgan fingerprint density at radius 1 is 1.23 bits per heavy atom. The summed E-state index contributed by atoms with van der Waals surface area (Å²) < 4.78 is 180. The average Bonchev–Trinajstić information content (AvgIpc) is 2.75. The normalized spacial score (nSPS) is 27.3. The van der Waals surface area contributed by atoms with Crippen LogP contribution in [-0.4, -0.2) is 13.5 Å². The van der Waals surface area contributed by atoms with Gasteiger partial charge in [0.1, 0.15) is 11.8 Å². The fourth-order valence-electron chi connectivity index (χ4n) is 1.20. The highest BCUT2D eigenvalue weighted by Gasteiger charge is 2.30. The lowest BCUT2D eigenvalue weighted by Gasteiger charge is -2.19. The standard InChI is InChI=1S/C17H18F3NO/c1-21-12-11-16(13-5-3-2-4-6-13)22-15-9-7-14(8-10-15)17(18,19)20/h2-10,16,21H,11-12H2,1H3/p+1/t16-/m1/s1/i1D3,2D,3D,4D,5D,6D,7D,8D,9D,10D,11D2,12D2,16D. The van der Waals surface area contributed by atoms with Crippen molar-refractivity contribution in [3.8, 4) is 5.75 Å². The molecule has 0 spiro atoms. The van der Waals surface area contributed by atoms with Gasteiger partial charge in [-0.2, -0.15) is 13.2 Å². The Labute approximate surface area is 151 Å². The predicted molar refractivity (Wildman–Crippen MR) is 78.6 cm³/mol. The van der Waals surface area contributed by atoms with Crippen molar-refractivity contribution >= 4 is 0 Å². The summed E-state index contributed by atoms with van der Waals surface area (Å²) in [6, 6.07) is -12.9. The molecule has 0 aliphatic rings. The summed E-state index contributed by atoms with van der Waals surface area (Å²) in [6.07, 6.45) is -13.5. The summed E-state index contributed by atoms with van der Waals surface area (Å²) in [5.41, 5.74) is -3.52. The quantitative estimate of drug-likeness (QED) is 0.864. The molecule has 0 bridgehead atoms. The summed E-state index contributed by atoms with van der Waals surface area (Å²) in [4.78, 5) is 0. The summed E-state index contributed by atoms with van der Waals surface area (Å²) in [5.74, 6) is -1.56. The zero-order valence-electron chi connectivity index (χ0n) is 27.6. The number of hydrogen-bond donors (Lipinski definition) is 1. The van der Waals surface area contributed by atoms with E-state index in [-0.39, 0.29) is 5.32 Å². The van der Waals surface area contributed by atoms with Crippen LogP contribution in [0.15, 0.2) is 54.4 Å². The van der Waals surface area contributed by atoms with Crippen molar-refractivity contribution in [1.29, 1.82) is 0 Å². The average molecular weight is 327 g/mol. The molecule has 2 aromatic rings. The van der Waals surface area contributed by atoms with Gasteiger partial charge in [0.2, 0.25) is 0 Å². The molecule has 0 saturated heterocycles. The van der Waals surface area contributed by atoms with Gasteiger partial charge in [0.15, 0.2) is 0 Å². The Morgan fingerprint density at radius 2 is 1.91 bits per heavy atom. The van der Waals surface area contributed by atoms with Crippen LogP contribution in [0.2, 0.25) is 0 Å². The van der Waals surface area contributed by atoms with E-state index in [4.69, 9.17) is 28.0 Å². The predicted octanol–water partition coefficient (Wildman–Crippen LogP) is 3.41. The first-order valence-corrected chi connectivity index (χ1v) is 5.55. The molecule has 0 radical (unpaired) electrons. The van der Waals surface area contributed by atoms with Gasteiger partial charge in [-0.25, -0.2) is 0 Å². The van der Waals surface area contributed by atoms with Crippen LogP contribution in [0.5, 0.6) is 5.75 Å². The van der Waals surface area contributed by atoms with E-state index in [1.54, 1.807) is 0 Å². The Kier molecular flexibility index (Phi) is 1.66. The highest BCUT2D eigenvalue weighted by molar-refractivity contribution is 5.30. The fraction of sp³-hybridized carbons (Fsp3) is 0.294. The molecule has 0 fully saturated rings. The third-order valence-electron chi connectivity index (χ3n) is 2.07. The second-order valence-corrected chi connectivity index (χ2v) is 3.55.